The summed E-state index contributed by atoms with van der Waals surface area (Å²) >= 11 is 0. The Labute approximate surface area is 143 Å². The van der Waals surface area contributed by atoms with Crippen molar-refractivity contribution in [2.24, 2.45) is 10.2 Å². The van der Waals surface area contributed by atoms with Gasteiger partial charge in [-0.05, 0) is 46.1 Å². The Balaban J connectivity index is 1.87. The summed E-state index contributed by atoms with van der Waals surface area (Å²) in [6, 6.07) is 0. The highest BCUT2D eigenvalue weighted by Crippen LogP contribution is 2.40. The topological polar surface area (TPSA) is 46.4 Å². The summed E-state index contributed by atoms with van der Waals surface area (Å²) < 4.78 is 12.3. The molecule has 2 aliphatic heterocycles. The molecule has 24 heavy (non-hydrogen) atoms. The molecule has 0 aromatic carbocycles. The first-order valence-electron chi connectivity index (χ1n) is 8.33. The standard InChI is InChI=1S/C19H25N3O2/c1-18(2)19(3,4)24-17(23-18)15-9-7-6-8-14(10-11-15)16-12-13-20-22(5)21-16/h7,9-12,17H,6,8H2,1-5H3. The summed E-state index contributed by atoms with van der Waals surface area (Å²) in [5.74, 6) is 2.87. The first-order valence-corrected chi connectivity index (χ1v) is 8.33. The molecule has 5 nitrogen and oxygen atoms in total. The monoisotopic (exact) mass is 327 g/mol. The number of nitrogens with zero attached hydrogens (tertiary/aromatic N) is 3. The molecule has 0 amide bonds. The highest BCUT2D eigenvalue weighted by Gasteiger charge is 2.49. The molecule has 3 aliphatic rings. The molecule has 0 unspecified atom stereocenters. The average Bonchev–Trinajstić information content (AvgIpc) is 2.67. The summed E-state index contributed by atoms with van der Waals surface area (Å²) in [4.78, 5) is 0. The minimum atomic E-state index is -0.352. The van der Waals surface area contributed by atoms with E-state index in [4.69, 9.17) is 9.47 Å². The van der Waals surface area contributed by atoms with E-state index in [1.54, 1.807) is 7.05 Å². The van der Waals surface area contributed by atoms with Gasteiger partial charge in [0, 0.05) is 17.5 Å². The highest BCUT2D eigenvalue weighted by molar-refractivity contribution is 6.12. The third-order valence-electron chi connectivity index (χ3n) is 4.88. The van der Waals surface area contributed by atoms with Crippen molar-refractivity contribution in [1.29, 1.82) is 0 Å². The van der Waals surface area contributed by atoms with Gasteiger partial charge in [0.1, 0.15) is 0 Å². The number of hydrazone groups is 2. The van der Waals surface area contributed by atoms with Crippen molar-refractivity contribution in [3.8, 4) is 0 Å². The van der Waals surface area contributed by atoms with E-state index in [1.807, 2.05) is 6.08 Å². The SMILES string of the molecule is CN1N=C=CC(C2=CC=C(C3OC(C)(C)C(C)(C)O3)C=CCC2)=N1. The van der Waals surface area contributed by atoms with Crippen LogP contribution in [0.1, 0.15) is 40.5 Å². The van der Waals surface area contributed by atoms with Gasteiger partial charge in [-0.15, -0.1) is 5.10 Å². The fourth-order valence-corrected chi connectivity index (χ4v) is 2.68. The van der Waals surface area contributed by atoms with Gasteiger partial charge >= 0.3 is 0 Å². The van der Waals surface area contributed by atoms with Crippen LogP contribution in [0.3, 0.4) is 0 Å². The highest BCUT2D eigenvalue weighted by atomic mass is 16.7. The van der Waals surface area contributed by atoms with Gasteiger partial charge < -0.3 is 9.47 Å². The Bertz CT molecular complexity index is 688. The van der Waals surface area contributed by atoms with Crippen molar-refractivity contribution in [1.82, 2.24) is 5.12 Å². The molecule has 1 aliphatic carbocycles. The van der Waals surface area contributed by atoms with Gasteiger partial charge in [-0.25, -0.2) is 0 Å². The van der Waals surface area contributed by atoms with Gasteiger partial charge in [-0.2, -0.15) is 10.2 Å². The van der Waals surface area contributed by atoms with Gasteiger partial charge in [-0.1, -0.05) is 24.3 Å². The molecule has 0 saturated carbocycles. The lowest BCUT2D eigenvalue weighted by Gasteiger charge is -2.30. The number of allylic oxidation sites excluding steroid dienone is 5. The summed E-state index contributed by atoms with van der Waals surface area (Å²) in [7, 11) is 1.80. The zero-order valence-electron chi connectivity index (χ0n) is 15.0. The first kappa shape index (κ1) is 16.9. The average molecular weight is 327 g/mol. The van der Waals surface area contributed by atoms with Crippen molar-refractivity contribution in [2.45, 2.75) is 58.0 Å². The molecule has 5 heteroatoms. The maximum absolute atomic E-state index is 6.15. The third kappa shape index (κ3) is 3.29. The second-order valence-corrected chi connectivity index (χ2v) is 7.24. The second-order valence-electron chi connectivity index (χ2n) is 7.24. The molecule has 1 fully saturated rings. The van der Waals surface area contributed by atoms with E-state index in [2.05, 4.69) is 68.1 Å². The van der Waals surface area contributed by atoms with Crippen LogP contribution in [0.25, 0.3) is 0 Å². The molecule has 0 N–H and O–H groups in total. The van der Waals surface area contributed by atoms with E-state index in [1.165, 1.54) is 5.12 Å². The lowest BCUT2D eigenvalue weighted by atomic mass is 9.90. The third-order valence-corrected chi connectivity index (χ3v) is 4.88. The molecule has 3 rings (SSSR count). The predicted molar refractivity (Wildman–Crippen MR) is 95.9 cm³/mol. The lowest BCUT2D eigenvalue weighted by molar-refractivity contribution is -0.0565. The van der Waals surface area contributed by atoms with Crippen LogP contribution in [0, 0.1) is 0 Å². The van der Waals surface area contributed by atoms with Gasteiger partial charge in [-0.3, -0.25) is 0 Å². The minimum Gasteiger partial charge on any atom is -0.339 e. The zero-order valence-corrected chi connectivity index (χ0v) is 15.0. The quantitative estimate of drug-likeness (QED) is 0.779. The summed E-state index contributed by atoms with van der Waals surface area (Å²) in [6.07, 6.45) is 11.8. The van der Waals surface area contributed by atoms with E-state index >= 15 is 0 Å². The maximum atomic E-state index is 6.15. The number of rotatable bonds is 2. The van der Waals surface area contributed by atoms with Gasteiger partial charge in [0.05, 0.1) is 24.0 Å². The van der Waals surface area contributed by atoms with E-state index in [0.717, 1.165) is 29.7 Å². The Hall–Kier alpha value is -1.94. The van der Waals surface area contributed by atoms with E-state index in [9.17, 15) is 0 Å². The van der Waals surface area contributed by atoms with Crippen molar-refractivity contribution in [3.05, 3.63) is 41.5 Å². The minimum absolute atomic E-state index is 0.337. The molecule has 2 heterocycles. The normalized spacial score (nSPS) is 25.9. The summed E-state index contributed by atoms with van der Waals surface area (Å²) in [5.41, 5.74) is 2.40. The van der Waals surface area contributed by atoms with Gasteiger partial charge in [0.15, 0.2) is 6.29 Å². The fourth-order valence-electron chi connectivity index (χ4n) is 2.68. The molecule has 0 radical (unpaired) electrons. The molecule has 1 saturated heterocycles. The largest absolute Gasteiger partial charge is 0.339 e. The van der Waals surface area contributed by atoms with Crippen LogP contribution in [-0.2, 0) is 9.47 Å². The van der Waals surface area contributed by atoms with Gasteiger partial charge in [0.2, 0.25) is 0 Å². The zero-order chi connectivity index (χ0) is 17.4. The smallest absolute Gasteiger partial charge is 0.185 e. The Morgan fingerprint density at radius 3 is 2.54 bits per heavy atom. The van der Waals surface area contributed by atoms with Crippen molar-refractivity contribution in [3.63, 3.8) is 0 Å². The fraction of sp³-hybridized carbons (Fsp3) is 0.526. The molecule has 0 aromatic heterocycles. The van der Waals surface area contributed by atoms with Crippen LogP contribution >= 0.6 is 0 Å². The molecular formula is C19H25N3O2. The Kier molecular flexibility index (Phi) is 4.35. The summed E-state index contributed by atoms with van der Waals surface area (Å²) in [6.45, 7) is 8.27. The van der Waals surface area contributed by atoms with E-state index in [0.29, 0.717) is 0 Å². The number of ether oxygens (including phenoxy) is 2. The summed E-state index contributed by atoms with van der Waals surface area (Å²) in [5, 5.41) is 9.93. The van der Waals surface area contributed by atoms with Crippen LogP contribution in [0.2, 0.25) is 0 Å². The molecular weight excluding hydrogens is 302 g/mol. The second kappa shape index (κ2) is 6.17. The molecule has 0 spiro atoms. The van der Waals surface area contributed by atoms with E-state index in [-0.39, 0.29) is 17.5 Å². The van der Waals surface area contributed by atoms with Crippen molar-refractivity contribution < 1.29 is 9.47 Å². The van der Waals surface area contributed by atoms with Crippen LogP contribution in [0.4, 0.5) is 0 Å². The molecule has 128 valence electrons. The number of hydrogen-bond acceptors (Lipinski definition) is 5. The Morgan fingerprint density at radius 2 is 1.88 bits per heavy atom. The van der Waals surface area contributed by atoms with Crippen LogP contribution in [0.15, 0.2) is 51.7 Å². The molecule has 0 aromatic rings. The molecule has 0 bridgehead atoms. The van der Waals surface area contributed by atoms with Gasteiger partial charge in [0.25, 0.3) is 0 Å². The molecule has 0 atom stereocenters. The number of hydrogen-bond donors (Lipinski definition) is 0. The van der Waals surface area contributed by atoms with Crippen LogP contribution in [0.5, 0.6) is 0 Å². The van der Waals surface area contributed by atoms with Crippen molar-refractivity contribution in [2.75, 3.05) is 7.05 Å². The Morgan fingerprint density at radius 1 is 1.17 bits per heavy atom. The van der Waals surface area contributed by atoms with Crippen molar-refractivity contribution >= 4 is 11.6 Å². The van der Waals surface area contributed by atoms with Crippen LogP contribution < -0.4 is 0 Å². The maximum Gasteiger partial charge on any atom is 0.185 e. The first-order chi connectivity index (χ1) is 11.3. The van der Waals surface area contributed by atoms with E-state index < -0.39 is 0 Å². The lowest BCUT2D eigenvalue weighted by Crippen LogP contribution is -2.41. The van der Waals surface area contributed by atoms with Crippen LogP contribution in [-0.4, -0.2) is 41.2 Å². The predicted octanol–water partition coefficient (Wildman–Crippen LogP) is 3.56.